The first-order valence-corrected chi connectivity index (χ1v) is 11.0. The minimum atomic E-state index is -0.713. The molecule has 1 saturated heterocycles. The number of rotatable bonds is 8. The van der Waals surface area contributed by atoms with E-state index < -0.39 is 18.1 Å². The molecule has 0 unspecified atom stereocenters. The molecule has 182 valence electrons. The maximum atomic E-state index is 13.6. The molecule has 0 aliphatic carbocycles. The van der Waals surface area contributed by atoms with Crippen LogP contribution in [0.25, 0.3) is 5.69 Å². The summed E-state index contributed by atoms with van der Waals surface area (Å²) in [6.45, 7) is 5.09. The van der Waals surface area contributed by atoms with Gasteiger partial charge in [0.15, 0.2) is 0 Å². The van der Waals surface area contributed by atoms with E-state index in [0.717, 1.165) is 0 Å². The van der Waals surface area contributed by atoms with Crippen LogP contribution in [0.1, 0.15) is 30.1 Å². The van der Waals surface area contributed by atoms with Crippen molar-refractivity contribution in [3.8, 4) is 11.8 Å². The van der Waals surface area contributed by atoms with Crippen molar-refractivity contribution < 1.29 is 24.2 Å². The highest BCUT2D eigenvalue weighted by Gasteiger charge is 2.35. The molecule has 1 N–H and O–H groups in total. The summed E-state index contributed by atoms with van der Waals surface area (Å²) >= 11 is 0. The Morgan fingerprint density at radius 1 is 1.29 bits per heavy atom. The van der Waals surface area contributed by atoms with Gasteiger partial charge in [-0.1, -0.05) is 24.8 Å². The zero-order valence-electron chi connectivity index (χ0n) is 19.6. The second-order valence-corrected chi connectivity index (χ2v) is 7.82. The van der Waals surface area contributed by atoms with Crippen LogP contribution in [0.15, 0.2) is 72.3 Å². The zero-order valence-corrected chi connectivity index (χ0v) is 19.6. The Hall–Kier alpha value is -4.23. The third kappa shape index (κ3) is 5.65. The predicted molar refractivity (Wildman–Crippen MR) is 126 cm³/mol. The van der Waals surface area contributed by atoms with Crippen molar-refractivity contribution in [3.05, 3.63) is 77.9 Å². The van der Waals surface area contributed by atoms with E-state index in [1.807, 2.05) is 6.07 Å². The minimum absolute atomic E-state index is 0.00726. The third-order valence-electron chi connectivity index (χ3n) is 5.64. The number of aliphatic hydroxyl groups excluding tert-OH is 1. The number of carbonyl (C=O) groups excluding carboxylic acids is 2. The summed E-state index contributed by atoms with van der Waals surface area (Å²) in [6.07, 6.45) is 6.46. The van der Waals surface area contributed by atoms with E-state index in [0.29, 0.717) is 24.1 Å². The Morgan fingerprint density at radius 2 is 2.00 bits per heavy atom. The zero-order chi connectivity index (χ0) is 25.4. The number of carbonyl (C=O) groups is 2. The molecule has 2 heterocycles. The van der Waals surface area contributed by atoms with Crippen molar-refractivity contribution in [2.24, 2.45) is 0 Å². The van der Waals surface area contributed by atoms with Crippen LogP contribution in [-0.2, 0) is 14.3 Å². The number of ether oxygens (including phenoxy) is 2. The first kappa shape index (κ1) is 25.4. The molecule has 10 nitrogen and oxygen atoms in total. The average molecular weight is 478 g/mol. The fraction of sp³-hybridized carbons (Fsp3) is 0.320. The molecule has 1 amide bonds. The minimum Gasteiger partial charge on any atom is -0.488 e. The van der Waals surface area contributed by atoms with E-state index in [-0.39, 0.29) is 36.0 Å². The molecule has 0 spiro atoms. The van der Waals surface area contributed by atoms with Gasteiger partial charge in [0.05, 0.1) is 56.0 Å². The molecule has 1 aromatic carbocycles. The number of para-hydroxylation sites is 1. The lowest BCUT2D eigenvalue weighted by Gasteiger charge is -2.39. The van der Waals surface area contributed by atoms with Gasteiger partial charge in [0.1, 0.15) is 17.4 Å². The Bertz CT molecular complexity index is 1180. The average Bonchev–Trinajstić information content (AvgIpc) is 3.43. The topological polar surface area (TPSA) is 131 Å². The van der Waals surface area contributed by atoms with E-state index in [9.17, 15) is 20.0 Å². The lowest BCUT2D eigenvalue weighted by Crippen LogP contribution is -2.51. The Balaban J connectivity index is 1.91. The Kier molecular flexibility index (Phi) is 8.53. The number of aromatic nitrogens is 3. The Labute approximate surface area is 203 Å². The summed E-state index contributed by atoms with van der Waals surface area (Å²) in [6, 6.07) is 8.48. The lowest BCUT2D eigenvalue weighted by molar-refractivity contribution is -0.136. The van der Waals surface area contributed by atoms with Crippen LogP contribution in [0.4, 0.5) is 0 Å². The number of likely N-dealkylation sites (tertiary alicyclic amines) is 1. The van der Waals surface area contributed by atoms with Gasteiger partial charge in [0.25, 0.3) is 5.91 Å². The predicted octanol–water partition coefficient (Wildman–Crippen LogP) is 2.33. The lowest BCUT2D eigenvalue weighted by atomic mass is 9.98. The van der Waals surface area contributed by atoms with Gasteiger partial charge in [-0.15, -0.1) is 0 Å². The summed E-state index contributed by atoms with van der Waals surface area (Å²) in [4.78, 5) is 28.9. The van der Waals surface area contributed by atoms with Crippen molar-refractivity contribution in [2.45, 2.75) is 31.9 Å². The van der Waals surface area contributed by atoms with Gasteiger partial charge in [-0.25, -0.2) is 4.79 Å². The van der Waals surface area contributed by atoms with Crippen molar-refractivity contribution in [3.63, 3.8) is 0 Å². The van der Waals surface area contributed by atoms with Gasteiger partial charge < -0.3 is 19.5 Å². The molecule has 0 radical (unpaired) electrons. The van der Waals surface area contributed by atoms with E-state index in [1.54, 1.807) is 29.2 Å². The van der Waals surface area contributed by atoms with Gasteiger partial charge in [-0.3, -0.25) is 4.79 Å². The molecular formula is C25H27N5O5. The van der Waals surface area contributed by atoms with E-state index in [4.69, 9.17) is 9.47 Å². The summed E-state index contributed by atoms with van der Waals surface area (Å²) in [5.41, 5.74) is 1.00. The van der Waals surface area contributed by atoms with Gasteiger partial charge in [-0.05, 0) is 38.0 Å². The molecule has 10 heteroatoms. The fourth-order valence-electron chi connectivity index (χ4n) is 3.92. The molecule has 1 fully saturated rings. The second kappa shape index (κ2) is 11.8. The number of hydrogen-bond donors (Lipinski definition) is 1. The van der Waals surface area contributed by atoms with Crippen LogP contribution in [0.2, 0.25) is 0 Å². The smallest absolute Gasteiger partial charge is 0.342 e. The molecule has 1 aromatic heterocycles. The maximum absolute atomic E-state index is 13.6. The molecule has 0 bridgehead atoms. The maximum Gasteiger partial charge on any atom is 0.342 e. The number of amides is 1. The molecule has 2 atom stereocenters. The van der Waals surface area contributed by atoms with Crippen LogP contribution < -0.4 is 0 Å². The molecule has 1 aliphatic heterocycles. The summed E-state index contributed by atoms with van der Waals surface area (Å²) < 4.78 is 11.0. The standard InChI is InChI=1S/C25H27N5O5/c1-4-7-22(23(17(2)14-26)25(33)34-3)35-19-11-10-18(16-31)29(15-19)24(32)20-8-5-6-9-21(20)30-27-12-13-28-30/h4-9,12-13,18-19,31H,1,10-11,15-16H2,2-3H3/b22-7+,23-17-/t18-,19+/m0/s1. The number of piperidine rings is 1. The highest BCUT2D eigenvalue weighted by molar-refractivity contribution is 5.98. The number of aliphatic hydroxyl groups is 1. The van der Waals surface area contributed by atoms with Gasteiger partial charge in [0, 0.05) is 5.57 Å². The van der Waals surface area contributed by atoms with Crippen LogP contribution in [0.3, 0.4) is 0 Å². The number of esters is 1. The van der Waals surface area contributed by atoms with Crippen molar-refractivity contribution in [1.29, 1.82) is 5.26 Å². The van der Waals surface area contributed by atoms with Crippen LogP contribution in [0.5, 0.6) is 0 Å². The van der Waals surface area contributed by atoms with Crippen LogP contribution in [0, 0.1) is 11.3 Å². The van der Waals surface area contributed by atoms with Crippen molar-refractivity contribution >= 4 is 11.9 Å². The van der Waals surface area contributed by atoms with Gasteiger partial charge in [-0.2, -0.15) is 20.3 Å². The van der Waals surface area contributed by atoms with Gasteiger partial charge in [0.2, 0.25) is 0 Å². The molecular weight excluding hydrogens is 450 g/mol. The first-order chi connectivity index (χ1) is 16.9. The monoisotopic (exact) mass is 477 g/mol. The quantitative estimate of drug-likeness (QED) is 0.202. The number of nitriles is 1. The summed E-state index contributed by atoms with van der Waals surface area (Å²) in [5, 5.41) is 27.6. The van der Waals surface area contributed by atoms with E-state index in [2.05, 4.69) is 16.8 Å². The highest BCUT2D eigenvalue weighted by atomic mass is 16.5. The second-order valence-electron chi connectivity index (χ2n) is 7.82. The molecule has 2 aromatic rings. The normalized spacial score (nSPS) is 18.8. The highest BCUT2D eigenvalue weighted by Crippen LogP contribution is 2.28. The van der Waals surface area contributed by atoms with Gasteiger partial charge >= 0.3 is 5.97 Å². The summed E-state index contributed by atoms with van der Waals surface area (Å²) in [7, 11) is 1.22. The molecule has 1 aliphatic rings. The molecule has 0 saturated carbocycles. The molecule has 3 rings (SSSR count). The largest absolute Gasteiger partial charge is 0.488 e. The number of methoxy groups -OCH3 is 1. The van der Waals surface area contributed by atoms with E-state index in [1.165, 1.54) is 43.4 Å². The number of allylic oxidation sites excluding steroid dienone is 3. The summed E-state index contributed by atoms with van der Waals surface area (Å²) in [5.74, 6) is -0.891. The van der Waals surface area contributed by atoms with Crippen LogP contribution in [-0.4, -0.2) is 69.3 Å². The number of nitrogens with zero attached hydrogens (tertiary/aromatic N) is 5. The van der Waals surface area contributed by atoms with Crippen molar-refractivity contribution in [2.75, 3.05) is 20.3 Å². The fourth-order valence-corrected chi connectivity index (χ4v) is 3.92. The Morgan fingerprint density at radius 3 is 2.63 bits per heavy atom. The van der Waals surface area contributed by atoms with E-state index >= 15 is 0 Å². The molecule has 35 heavy (non-hydrogen) atoms. The van der Waals surface area contributed by atoms with Crippen LogP contribution >= 0.6 is 0 Å². The SMILES string of the molecule is C=C/C=C(O[C@@H]1CC[C@@H](CO)N(C(=O)c2ccccc2-n2nccn2)C1)\C(C(=O)OC)=C(/C)C#N. The third-order valence-corrected chi connectivity index (χ3v) is 5.64. The van der Waals surface area contributed by atoms with Crippen molar-refractivity contribution in [1.82, 2.24) is 19.9 Å². The number of benzene rings is 1. The number of hydrogen-bond acceptors (Lipinski definition) is 8. The first-order valence-electron chi connectivity index (χ1n) is 11.0.